The van der Waals surface area contributed by atoms with E-state index in [1.165, 1.54) is 10.4 Å². The molecule has 0 radical (unpaired) electrons. The first-order chi connectivity index (χ1) is 13.9. The molecule has 0 amide bonds. The molecule has 7 heteroatoms. The Morgan fingerprint density at radius 1 is 1.14 bits per heavy atom. The van der Waals surface area contributed by atoms with Gasteiger partial charge in [-0.3, -0.25) is 0 Å². The second-order valence-electron chi connectivity index (χ2n) is 7.87. The highest BCUT2D eigenvalue weighted by Gasteiger charge is 2.37. The lowest BCUT2D eigenvalue weighted by Gasteiger charge is -2.34. The van der Waals surface area contributed by atoms with Crippen molar-refractivity contribution < 1.29 is 22.7 Å². The zero-order valence-electron chi connectivity index (χ0n) is 16.3. The van der Waals surface area contributed by atoms with Crippen molar-refractivity contribution in [3.05, 3.63) is 71.0 Å². The Hall–Kier alpha value is -1.80. The van der Waals surface area contributed by atoms with Crippen LogP contribution in [0.15, 0.2) is 48.5 Å². The van der Waals surface area contributed by atoms with Crippen molar-refractivity contribution in [2.75, 3.05) is 19.8 Å². The molecule has 0 saturated carbocycles. The molecule has 1 atom stereocenters. The third kappa shape index (κ3) is 4.10. The lowest BCUT2D eigenvalue weighted by Crippen LogP contribution is -2.39. The number of sulfonamides is 1. The first-order valence-electron chi connectivity index (χ1n) is 10.0. The number of nitrogens with zero attached hydrogens (tertiary/aromatic N) is 1. The second-order valence-corrected chi connectivity index (χ2v) is 9.99. The minimum Gasteiger partial charge on any atom is -0.385 e. The summed E-state index contributed by atoms with van der Waals surface area (Å²) in [7, 11) is -3.57. The van der Waals surface area contributed by atoms with Gasteiger partial charge in [0.15, 0.2) is 0 Å². The van der Waals surface area contributed by atoms with Crippen LogP contribution in [0.5, 0.6) is 0 Å². The van der Waals surface area contributed by atoms with Crippen molar-refractivity contribution >= 4 is 10.0 Å². The Morgan fingerprint density at radius 3 is 2.55 bits per heavy atom. The van der Waals surface area contributed by atoms with E-state index in [1.54, 1.807) is 12.1 Å². The maximum Gasteiger partial charge on any atom is 0.221 e. The van der Waals surface area contributed by atoms with Crippen LogP contribution in [0, 0.1) is 5.82 Å². The molecule has 2 aromatic rings. The normalized spacial score (nSPS) is 24.3. The summed E-state index contributed by atoms with van der Waals surface area (Å²) >= 11 is 0. The fraction of sp³-hybridized carbons (Fsp3) is 0.455. The number of aliphatic hydroxyl groups is 1. The van der Waals surface area contributed by atoms with Crippen LogP contribution < -0.4 is 0 Å². The van der Waals surface area contributed by atoms with Crippen molar-refractivity contribution in [3.8, 4) is 0 Å². The van der Waals surface area contributed by atoms with Gasteiger partial charge in [0.2, 0.25) is 10.0 Å². The molecule has 2 aliphatic heterocycles. The summed E-state index contributed by atoms with van der Waals surface area (Å²) in [5, 5.41) is 10.2. The molecule has 0 aliphatic carbocycles. The monoisotopic (exact) mass is 419 g/mol. The summed E-state index contributed by atoms with van der Waals surface area (Å²) in [6.45, 7) is 1.26. The van der Waals surface area contributed by atoms with E-state index in [0.717, 1.165) is 12.0 Å². The van der Waals surface area contributed by atoms with E-state index >= 15 is 0 Å². The van der Waals surface area contributed by atoms with E-state index in [0.29, 0.717) is 50.1 Å². The molecule has 0 bridgehead atoms. The Balaban J connectivity index is 1.55. The van der Waals surface area contributed by atoms with Gasteiger partial charge in [-0.15, -0.1) is 0 Å². The first kappa shape index (κ1) is 20.5. The molecule has 2 fully saturated rings. The van der Waals surface area contributed by atoms with Crippen LogP contribution in [-0.4, -0.2) is 37.6 Å². The smallest absolute Gasteiger partial charge is 0.221 e. The Bertz CT molecular complexity index is 958. The van der Waals surface area contributed by atoms with E-state index in [1.807, 2.05) is 30.3 Å². The van der Waals surface area contributed by atoms with Crippen molar-refractivity contribution in [1.82, 2.24) is 4.31 Å². The summed E-state index contributed by atoms with van der Waals surface area (Å²) in [6, 6.07) is 13.8. The molecule has 156 valence electrons. The van der Waals surface area contributed by atoms with Crippen LogP contribution in [-0.2, 0) is 26.9 Å². The minimum absolute atomic E-state index is 0.000675. The summed E-state index contributed by atoms with van der Waals surface area (Å²) < 4.78 is 47.8. The standard InChI is InChI=1S/C22H26FNO4S/c23-20-15-19(22(25)10-13-28-14-11-22)9-8-18(20)16-24-12-4-7-21(29(24,26)27)17-5-2-1-3-6-17/h1-3,5-6,8-9,15,21,25H,4,7,10-14,16H2/t21-/m1/s1. The van der Waals surface area contributed by atoms with Crippen LogP contribution in [0.2, 0.25) is 0 Å². The minimum atomic E-state index is -3.57. The largest absolute Gasteiger partial charge is 0.385 e. The van der Waals surface area contributed by atoms with E-state index in [-0.39, 0.29) is 6.54 Å². The van der Waals surface area contributed by atoms with E-state index < -0.39 is 26.7 Å². The average Bonchev–Trinajstić information content (AvgIpc) is 2.72. The number of hydrogen-bond donors (Lipinski definition) is 1. The summed E-state index contributed by atoms with van der Waals surface area (Å²) in [4.78, 5) is 0. The number of benzene rings is 2. The van der Waals surface area contributed by atoms with Gasteiger partial charge in [-0.05, 0) is 30.0 Å². The van der Waals surface area contributed by atoms with Crippen molar-refractivity contribution in [1.29, 1.82) is 0 Å². The average molecular weight is 420 g/mol. The third-order valence-electron chi connectivity index (χ3n) is 6.02. The van der Waals surface area contributed by atoms with Gasteiger partial charge in [0.05, 0.1) is 5.60 Å². The van der Waals surface area contributed by atoms with Crippen LogP contribution in [0.3, 0.4) is 0 Å². The zero-order valence-corrected chi connectivity index (χ0v) is 17.1. The van der Waals surface area contributed by atoms with Gasteiger partial charge < -0.3 is 9.84 Å². The van der Waals surface area contributed by atoms with E-state index in [4.69, 9.17) is 4.74 Å². The van der Waals surface area contributed by atoms with Gasteiger partial charge >= 0.3 is 0 Å². The predicted molar refractivity (Wildman–Crippen MR) is 108 cm³/mol. The van der Waals surface area contributed by atoms with Crippen LogP contribution in [0.4, 0.5) is 4.39 Å². The highest BCUT2D eigenvalue weighted by molar-refractivity contribution is 7.89. The molecule has 0 aromatic heterocycles. The highest BCUT2D eigenvalue weighted by atomic mass is 32.2. The third-order valence-corrected chi connectivity index (χ3v) is 8.28. The Morgan fingerprint density at radius 2 is 1.86 bits per heavy atom. The maximum atomic E-state index is 14.8. The van der Waals surface area contributed by atoms with Crippen molar-refractivity contribution in [2.45, 2.75) is 43.1 Å². The molecule has 2 saturated heterocycles. The molecule has 5 nitrogen and oxygen atoms in total. The predicted octanol–water partition coefficient (Wildman–Crippen LogP) is 3.49. The van der Waals surface area contributed by atoms with Gasteiger partial charge in [0, 0.05) is 44.7 Å². The molecule has 2 heterocycles. The maximum absolute atomic E-state index is 14.8. The summed E-state index contributed by atoms with van der Waals surface area (Å²) in [5.74, 6) is -0.487. The van der Waals surface area contributed by atoms with Crippen molar-refractivity contribution in [2.24, 2.45) is 0 Å². The molecular formula is C22H26FNO4S. The summed E-state index contributed by atoms with van der Waals surface area (Å²) in [5.41, 5.74) is 0.523. The van der Waals surface area contributed by atoms with E-state index in [9.17, 15) is 17.9 Å². The lowest BCUT2D eigenvalue weighted by molar-refractivity contribution is -0.0680. The van der Waals surface area contributed by atoms with Crippen LogP contribution in [0.1, 0.15) is 47.6 Å². The van der Waals surface area contributed by atoms with Gasteiger partial charge in [0.25, 0.3) is 0 Å². The fourth-order valence-electron chi connectivity index (χ4n) is 4.24. The van der Waals surface area contributed by atoms with E-state index in [2.05, 4.69) is 0 Å². The van der Waals surface area contributed by atoms with Gasteiger partial charge in [-0.1, -0.05) is 42.5 Å². The Kier molecular flexibility index (Phi) is 5.75. The summed E-state index contributed by atoms with van der Waals surface area (Å²) in [6.07, 6.45) is 2.15. The molecule has 0 unspecified atom stereocenters. The Labute approximate surface area is 171 Å². The lowest BCUT2D eigenvalue weighted by atomic mass is 9.86. The number of hydrogen-bond acceptors (Lipinski definition) is 4. The molecule has 0 spiro atoms. The fourth-order valence-corrected chi connectivity index (χ4v) is 6.27. The highest BCUT2D eigenvalue weighted by Crippen LogP contribution is 2.36. The molecule has 1 N–H and O–H groups in total. The number of rotatable bonds is 4. The molecule has 2 aromatic carbocycles. The van der Waals surface area contributed by atoms with Gasteiger partial charge in [-0.25, -0.2) is 12.8 Å². The second kappa shape index (κ2) is 8.14. The SMILES string of the molecule is O=S1(=O)[C@@H](c2ccccc2)CCCN1Cc1ccc(C2(O)CCOCC2)cc1F. The van der Waals surface area contributed by atoms with Gasteiger partial charge in [-0.2, -0.15) is 4.31 Å². The van der Waals surface area contributed by atoms with Crippen LogP contribution in [0.25, 0.3) is 0 Å². The topological polar surface area (TPSA) is 66.8 Å². The quantitative estimate of drug-likeness (QED) is 0.824. The molecule has 4 rings (SSSR count). The molecular weight excluding hydrogens is 393 g/mol. The zero-order chi connectivity index (χ0) is 20.5. The number of halogens is 1. The van der Waals surface area contributed by atoms with Crippen molar-refractivity contribution in [3.63, 3.8) is 0 Å². The molecule has 29 heavy (non-hydrogen) atoms. The van der Waals surface area contributed by atoms with Crippen LogP contribution >= 0.6 is 0 Å². The molecule has 2 aliphatic rings. The first-order valence-corrected chi connectivity index (χ1v) is 11.5. The number of ether oxygens (including phenoxy) is 1. The van der Waals surface area contributed by atoms with Gasteiger partial charge in [0.1, 0.15) is 11.1 Å².